The lowest BCUT2D eigenvalue weighted by Crippen LogP contribution is -2.41. The number of rotatable bonds is 3. The van der Waals surface area contributed by atoms with Gasteiger partial charge in [-0.1, -0.05) is 0 Å². The summed E-state index contributed by atoms with van der Waals surface area (Å²) in [5, 5.41) is 0. The number of hydrogen-bond acceptors (Lipinski definition) is 3. The molecular formula is C22H29F2N3O2. The maximum Gasteiger partial charge on any atom is 0.410 e. The summed E-state index contributed by atoms with van der Waals surface area (Å²) in [7, 11) is 0. The van der Waals surface area contributed by atoms with E-state index in [2.05, 4.69) is 18.4 Å². The third-order valence-corrected chi connectivity index (χ3v) is 5.04. The SMILES string of the molecule is CC(C)n1cc(-c2ccc(F)c(F)c2)nc1C1CCN(C(=O)OC(C)(C)C)CC1. The number of ether oxygens (including phenoxy) is 1. The van der Waals surface area contributed by atoms with Crippen molar-refractivity contribution in [1.82, 2.24) is 14.5 Å². The van der Waals surface area contributed by atoms with Crippen LogP contribution in [-0.2, 0) is 4.74 Å². The number of benzene rings is 1. The fraction of sp³-hybridized carbons (Fsp3) is 0.545. The molecule has 0 aliphatic carbocycles. The number of piperidine rings is 1. The van der Waals surface area contributed by atoms with Gasteiger partial charge in [-0.05, 0) is 65.7 Å². The largest absolute Gasteiger partial charge is 0.444 e. The Balaban J connectivity index is 1.78. The van der Waals surface area contributed by atoms with Gasteiger partial charge in [-0.25, -0.2) is 18.6 Å². The molecule has 0 saturated carbocycles. The van der Waals surface area contributed by atoms with Gasteiger partial charge in [-0.2, -0.15) is 0 Å². The van der Waals surface area contributed by atoms with Crippen molar-refractivity contribution in [3.8, 4) is 11.3 Å². The van der Waals surface area contributed by atoms with Gasteiger partial charge in [0.15, 0.2) is 11.6 Å². The van der Waals surface area contributed by atoms with E-state index in [-0.39, 0.29) is 18.1 Å². The van der Waals surface area contributed by atoms with Crippen LogP contribution in [-0.4, -0.2) is 39.2 Å². The van der Waals surface area contributed by atoms with Gasteiger partial charge in [-0.15, -0.1) is 0 Å². The van der Waals surface area contributed by atoms with E-state index in [1.807, 2.05) is 27.0 Å². The molecule has 0 unspecified atom stereocenters. The van der Waals surface area contributed by atoms with Crippen LogP contribution in [0, 0.1) is 11.6 Å². The zero-order chi connectivity index (χ0) is 21.3. The molecule has 1 aliphatic heterocycles. The quantitative estimate of drug-likeness (QED) is 0.675. The number of hydrogen-bond donors (Lipinski definition) is 0. The summed E-state index contributed by atoms with van der Waals surface area (Å²) in [4.78, 5) is 18.8. The minimum atomic E-state index is -0.881. The van der Waals surface area contributed by atoms with Crippen molar-refractivity contribution in [3.63, 3.8) is 0 Å². The van der Waals surface area contributed by atoms with Crippen LogP contribution in [0.25, 0.3) is 11.3 Å². The van der Waals surface area contributed by atoms with Crippen LogP contribution in [0.4, 0.5) is 13.6 Å². The number of carbonyl (C=O) groups excluding carboxylic acids is 1. The first kappa shape index (κ1) is 21.3. The van der Waals surface area contributed by atoms with E-state index in [1.165, 1.54) is 6.07 Å². The topological polar surface area (TPSA) is 47.4 Å². The monoisotopic (exact) mass is 405 g/mol. The molecule has 1 fully saturated rings. The molecular weight excluding hydrogens is 376 g/mol. The van der Waals surface area contributed by atoms with Crippen molar-refractivity contribution in [3.05, 3.63) is 41.9 Å². The van der Waals surface area contributed by atoms with Gasteiger partial charge in [-0.3, -0.25) is 0 Å². The molecule has 158 valence electrons. The fourth-order valence-electron chi connectivity index (χ4n) is 3.56. The van der Waals surface area contributed by atoms with E-state index in [4.69, 9.17) is 9.72 Å². The first-order valence-electron chi connectivity index (χ1n) is 10.1. The second kappa shape index (κ2) is 8.13. The molecule has 1 aromatic carbocycles. The van der Waals surface area contributed by atoms with Gasteiger partial charge in [0.2, 0.25) is 0 Å². The minimum absolute atomic E-state index is 0.181. The molecule has 0 spiro atoms. The average Bonchev–Trinajstić information content (AvgIpc) is 3.08. The molecule has 29 heavy (non-hydrogen) atoms. The van der Waals surface area contributed by atoms with Crippen molar-refractivity contribution in [2.24, 2.45) is 0 Å². The van der Waals surface area contributed by atoms with E-state index in [0.29, 0.717) is 24.3 Å². The lowest BCUT2D eigenvalue weighted by Gasteiger charge is -2.33. The third kappa shape index (κ3) is 4.95. The summed E-state index contributed by atoms with van der Waals surface area (Å²) in [6.07, 6.45) is 3.17. The summed E-state index contributed by atoms with van der Waals surface area (Å²) < 4.78 is 34.5. The summed E-state index contributed by atoms with van der Waals surface area (Å²) in [6, 6.07) is 4.02. The number of nitrogens with zero attached hydrogens (tertiary/aromatic N) is 3. The van der Waals surface area contributed by atoms with Crippen molar-refractivity contribution in [2.45, 2.75) is 65.0 Å². The summed E-state index contributed by atoms with van der Waals surface area (Å²) in [5.74, 6) is -0.640. The summed E-state index contributed by atoms with van der Waals surface area (Å²) >= 11 is 0. The van der Waals surface area contributed by atoms with Crippen molar-refractivity contribution in [2.75, 3.05) is 13.1 Å². The molecule has 1 amide bonds. The fourth-order valence-corrected chi connectivity index (χ4v) is 3.56. The van der Waals surface area contributed by atoms with Gasteiger partial charge in [0.05, 0.1) is 5.69 Å². The summed E-state index contributed by atoms with van der Waals surface area (Å²) in [6.45, 7) is 10.9. The highest BCUT2D eigenvalue weighted by atomic mass is 19.2. The molecule has 1 aliphatic rings. The van der Waals surface area contributed by atoms with E-state index >= 15 is 0 Å². The molecule has 7 heteroatoms. The van der Waals surface area contributed by atoms with Crippen molar-refractivity contribution in [1.29, 1.82) is 0 Å². The molecule has 5 nitrogen and oxygen atoms in total. The highest BCUT2D eigenvalue weighted by Crippen LogP contribution is 2.32. The minimum Gasteiger partial charge on any atom is -0.444 e. The number of halogens is 2. The van der Waals surface area contributed by atoms with Gasteiger partial charge < -0.3 is 14.2 Å². The van der Waals surface area contributed by atoms with Gasteiger partial charge in [0.25, 0.3) is 0 Å². The standard InChI is InChI=1S/C22H29F2N3O2/c1-14(2)27-13-19(16-6-7-17(23)18(24)12-16)25-20(27)15-8-10-26(11-9-15)21(28)29-22(3,4)5/h6-7,12-15H,8-11H2,1-5H3. The maximum absolute atomic E-state index is 13.7. The zero-order valence-corrected chi connectivity index (χ0v) is 17.7. The Kier molecular flexibility index (Phi) is 5.96. The summed E-state index contributed by atoms with van der Waals surface area (Å²) in [5.41, 5.74) is 0.666. The Morgan fingerprint density at radius 1 is 1.17 bits per heavy atom. The molecule has 1 aromatic heterocycles. The number of aromatic nitrogens is 2. The maximum atomic E-state index is 13.7. The second-order valence-corrected chi connectivity index (χ2v) is 8.86. The predicted octanol–water partition coefficient (Wildman–Crippen LogP) is 5.52. The van der Waals surface area contributed by atoms with Gasteiger partial charge >= 0.3 is 6.09 Å². The predicted molar refractivity (Wildman–Crippen MR) is 108 cm³/mol. The Hall–Kier alpha value is -2.44. The van der Waals surface area contributed by atoms with Crippen molar-refractivity contribution >= 4 is 6.09 Å². The van der Waals surface area contributed by atoms with Crippen molar-refractivity contribution < 1.29 is 18.3 Å². The van der Waals surface area contributed by atoms with E-state index < -0.39 is 17.2 Å². The molecule has 0 bridgehead atoms. The van der Waals surface area contributed by atoms with Crippen LogP contribution < -0.4 is 0 Å². The van der Waals surface area contributed by atoms with E-state index in [0.717, 1.165) is 24.7 Å². The zero-order valence-electron chi connectivity index (χ0n) is 17.7. The Labute approximate surface area is 170 Å². The molecule has 0 radical (unpaired) electrons. The van der Waals surface area contributed by atoms with Crippen LogP contribution in [0.5, 0.6) is 0 Å². The molecule has 2 heterocycles. The lowest BCUT2D eigenvalue weighted by atomic mass is 9.96. The Morgan fingerprint density at radius 3 is 2.38 bits per heavy atom. The van der Waals surface area contributed by atoms with Gasteiger partial charge in [0, 0.05) is 36.8 Å². The highest BCUT2D eigenvalue weighted by molar-refractivity contribution is 5.68. The second-order valence-electron chi connectivity index (χ2n) is 8.86. The highest BCUT2D eigenvalue weighted by Gasteiger charge is 2.30. The lowest BCUT2D eigenvalue weighted by molar-refractivity contribution is 0.0202. The van der Waals surface area contributed by atoms with Crippen LogP contribution in [0.3, 0.4) is 0 Å². The number of likely N-dealkylation sites (tertiary alicyclic amines) is 1. The molecule has 3 rings (SSSR count). The van der Waals surface area contributed by atoms with Gasteiger partial charge in [0.1, 0.15) is 11.4 Å². The third-order valence-electron chi connectivity index (χ3n) is 5.04. The normalized spacial score (nSPS) is 15.8. The van der Waals surface area contributed by atoms with E-state index in [9.17, 15) is 13.6 Å². The molecule has 2 aromatic rings. The van der Waals surface area contributed by atoms with Crippen LogP contribution in [0.15, 0.2) is 24.4 Å². The molecule has 1 saturated heterocycles. The number of imidazole rings is 1. The van der Waals surface area contributed by atoms with Crippen LogP contribution in [0.2, 0.25) is 0 Å². The molecule has 0 N–H and O–H groups in total. The average molecular weight is 405 g/mol. The number of carbonyl (C=O) groups is 1. The van der Waals surface area contributed by atoms with E-state index in [1.54, 1.807) is 11.0 Å². The first-order chi connectivity index (χ1) is 13.5. The Morgan fingerprint density at radius 2 is 1.83 bits per heavy atom. The first-order valence-corrected chi connectivity index (χ1v) is 10.1. The molecule has 0 atom stereocenters. The number of amides is 1. The Bertz CT molecular complexity index is 879. The van der Waals surface area contributed by atoms with Crippen LogP contribution in [0.1, 0.15) is 65.2 Å². The smallest absolute Gasteiger partial charge is 0.410 e. The van der Waals surface area contributed by atoms with Crippen LogP contribution >= 0.6 is 0 Å².